The van der Waals surface area contributed by atoms with Crippen molar-refractivity contribution in [2.45, 2.75) is 6.92 Å². The second kappa shape index (κ2) is 6.42. The number of carbonyl (C=O) groups is 2. The Labute approximate surface area is 121 Å². The third-order valence-electron chi connectivity index (χ3n) is 2.61. The maximum absolute atomic E-state index is 12.1. The van der Waals surface area contributed by atoms with Crippen LogP contribution in [0.15, 0.2) is 42.9 Å². The number of aromatic nitrogens is 2. The lowest BCUT2D eigenvalue weighted by molar-refractivity contribution is -0.131. The number of amides is 1. The van der Waals surface area contributed by atoms with Gasteiger partial charge in [-0.25, -0.2) is 4.79 Å². The van der Waals surface area contributed by atoms with Crippen molar-refractivity contribution in [1.82, 2.24) is 9.97 Å². The lowest BCUT2D eigenvalue weighted by Crippen LogP contribution is -2.12. The van der Waals surface area contributed by atoms with E-state index in [0.717, 1.165) is 11.8 Å². The smallest absolute Gasteiger partial charge is 0.328 e. The van der Waals surface area contributed by atoms with E-state index in [1.165, 1.54) is 18.5 Å². The van der Waals surface area contributed by atoms with Gasteiger partial charge >= 0.3 is 5.97 Å². The molecule has 0 spiro atoms. The minimum Gasteiger partial charge on any atom is -0.478 e. The number of nitrogens with one attached hydrogen (secondary N) is 1. The summed E-state index contributed by atoms with van der Waals surface area (Å²) >= 11 is 0. The van der Waals surface area contributed by atoms with Gasteiger partial charge in [0.1, 0.15) is 0 Å². The molecule has 0 aliphatic heterocycles. The molecule has 0 saturated heterocycles. The highest BCUT2D eigenvalue weighted by Crippen LogP contribution is 2.10. The number of hydrogen-bond donors (Lipinski definition) is 2. The minimum absolute atomic E-state index is 0.335. The van der Waals surface area contributed by atoms with Crippen LogP contribution in [0.1, 0.15) is 21.6 Å². The summed E-state index contributed by atoms with van der Waals surface area (Å²) in [7, 11) is 0. The summed E-state index contributed by atoms with van der Waals surface area (Å²) in [5.41, 5.74) is 2.31. The van der Waals surface area contributed by atoms with Crippen molar-refractivity contribution in [3.05, 3.63) is 59.7 Å². The number of anilines is 1. The lowest BCUT2D eigenvalue weighted by atomic mass is 10.2. The number of hydrogen-bond acceptors (Lipinski definition) is 4. The SMILES string of the molecule is Cc1ccc(NC(=O)c2cncc(/C=C/C(=O)O)c2)cn1. The number of carboxylic acids is 1. The molecule has 6 heteroatoms. The summed E-state index contributed by atoms with van der Waals surface area (Å²) in [6.45, 7) is 1.85. The second-order valence-corrected chi connectivity index (χ2v) is 4.32. The van der Waals surface area contributed by atoms with Gasteiger partial charge in [0.15, 0.2) is 0 Å². The minimum atomic E-state index is -1.06. The van der Waals surface area contributed by atoms with Gasteiger partial charge in [0.25, 0.3) is 5.91 Å². The monoisotopic (exact) mass is 283 g/mol. The van der Waals surface area contributed by atoms with Crippen LogP contribution in [0.25, 0.3) is 6.08 Å². The van der Waals surface area contributed by atoms with Gasteiger partial charge in [0, 0.05) is 24.2 Å². The maximum Gasteiger partial charge on any atom is 0.328 e. The van der Waals surface area contributed by atoms with Crippen LogP contribution >= 0.6 is 0 Å². The van der Waals surface area contributed by atoms with Crippen molar-refractivity contribution in [2.75, 3.05) is 5.32 Å². The van der Waals surface area contributed by atoms with E-state index < -0.39 is 5.97 Å². The van der Waals surface area contributed by atoms with E-state index in [-0.39, 0.29) is 5.91 Å². The lowest BCUT2D eigenvalue weighted by Gasteiger charge is -2.05. The average molecular weight is 283 g/mol. The van der Waals surface area contributed by atoms with Crippen LogP contribution in [0, 0.1) is 6.92 Å². The Hall–Kier alpha value is -3.02. The van der Waals surface area contributed by atoms with Crippen molar-refractivity contribution in [3.63, 3.8) is 0 Å². The molecule has 0 aliphatic carbocycles. The zero-order valence-corrected chi connectivity index (χ0v) is 11.3. The first-order valence-electron chi connectivity index (χ1n) is 6.14. The number of aliphatic carboxylic acids is 1. The molecular weight excluding hydrogens is 270 g/mol. The maximum atomic E-state index is 12.1. The number of rotatable bonds is 4. The summed E-state index contributed by atoms with van der Waals surface area (Å²) in [5, 5.41) is 11.3. The molecule has 0 radical (unpaired) electrons. The molecule has 0 atom stereocenters. The van der Waals surface area contributed by atoms with Gasteiger partial charge in [-0.2, -0.15) is 0 Å². The highest BCUT2D eigenvalue weighted by atomic mass is 16.4. The zero-order chi connectivity index (χ0) is 15.2. The fourth-order valence-corrected chi connectivity index (χ4v) is 1.59. The van der Waals surface area contributed by atoms with Crippen molar-refractivity contribution >= 4 is 23.6 Å². The topological polar surface area (TPSA) is 92.2 Å². The van der Waals surface area contributed by atoms with Gasteiger partial charge in [-0.3, -0.25) is 14.8 Å². The molecule has 0 unspecified atom stereocenters. The molecule has 6 nitrogen and oxygen atoms in total. The largest absolute Gasteiger partial charge is 0.478 e. The van der Waals surface area contributed by atoms with Crippen LogP contribution in [-0.2, 0) is 4.79 Å². The number of carboxylic acid groups (broad SMARTS) is 1. The molecule has 0 bridgehead atoms. The van der Waals surface area contributed by atoms with Gasteiger partial charge in [-0.15, -0.1) is 0 Å². The van der Waals surface area contributed by atoms with Crippen LogP contribution in [0.3, 0.4) is 0 Å². The highest BCUT2D eigenvalue weighted by molar-refractivity contribution is 6.04. The van der Waals surface area contributed by atoms with E-state index in [4.69, 9.17) is 5.11 Å². The number of pyridine rings is 2. The average Bonchev–Trinajstić information content (AvgIpc) is 2.48. The molecule has 0 aromatic carbocycles. The number of carbonyl (C=O) groups excluding carboxylic acids is 1. The molecular formula is C15H13N3O3. The van der Waals surface area contributed by atoms with Crippen LogP contribution in [0.5, 0.6) is 0 Å². The Balaban J connectivity index is 2.14. The quantitative estimate of drug-likeness (QED) is 0.839. The van der Waals surface area contributed by atoms with Crippen molar-refractivity contribution in [3.8, 4) is 0 Å². The summed E-state index contributed by atoms with van der Waals surface area (Å²) in [6.07, 6.45) is 6.82. The third-order valence-corrected chi connectivity index (χ3v) is 2.61. The normalized spacial score (nSPS) is 10.5. The summed E-state index contributed by atoms with van der Waals surface area (Å²) < 4.78 is 0. The molecule has 2 N–H and O–H groups in total. The van der Waals surface area contributed by atoms with Crippen LogP contribution in [0.4, 0.5) is 5.69 Å². The van der Waals surface area contributed by atoms with Crippen molar-refractivity contribution in [2.24, 2.45) is 0 Å². The molecule has 1 amide bonds. The first-order valence-corrected chi connectivity index (χ1v) is 6.14. The molecule has 0 aliphatic rings. The molecule has 2 aromatic heterocycles. The Kier molecular flexibility index (Phi) is 4.40. The third kappa shape index (κ3) is 4.24. The van der Waals surface area contributed by atoms with Gasteiger partial charge in [0.2, 0.25) is 0 Å². The molecule has 2 heterocycles. The van der Waals surface area contributed by atoms with Crippen LogP contribution in [-0.4, -0.2) is 27.0 Å². The summed E-state index contributed by atoms with van der Waals surface area (Å²) in [5.74, 6) is -1.39. The number of nitrogens with zero attached hydrogens (tertiary/aromatic N) is 2. The van der Waals surface area contributed by atoms with Crippen molar-refractivity contribution in [1.29, 1.82) is 0 Å². The van der Waals surface area contributed by atoms with Gasteiger partial charge < -0.3 is 10.4 Å². The number of aryl methyl sites for hydroxylation is 1. The van der Waals surface area contributed by atoms with E-state index in [0.29, 0.717) is 16.8 Å². The predicted octanol–water partition coefficient (Wildman–Crippen LogP) is 2.14. The summed E-state index contributed by atoms with van der Waals surface area (Å²) in [6, 6.07) is 5.10. The second-order valence-electron chi connectivity index (χ2n) is 4.32. The van der Waals surface area contributed by atoms with E-state index in [2.05, 4.69) is 15.3 Å². The summed E-state index contributed by atoms with van der Waals surface area (Å²) in [4.78, 5) is 30.5. The van der Waals surface area contributed by atoms with E-state index in [1.807, 2.05) is 6.92 Å². The zero-order valence-electron chi connectivity index (χ0n) is 11.3. The molecule has 2 aromatic rings. The van der Waals surface area contributed by atoms with E-state index in [1.54, 1.807) is 24.4 Å². The molecule has 0 fully saturated rings. The molecule has 0 saturated carbocycles. The highest BCUT2D eigenvalue weighted by Gasteiger charge is 2.07. The Morgan fingerprint density at radius 3 is 2.71 bits per heavy atom. The van der Waals surface area contributed by atoms with Crippen LogP contribution < -0.4 is 5.32 Å². The fraction of sp³-hybridized carbons (Fsp3) is 0.0667. The van der Waals surface area contributed by atoms with E-state index in [9.17, 15) is 9.59 Å². The van der Waals surface area contributed by atoms with Crippen LogP contribution in [0.2, 0.25) is 0 Å². The fourth-order valence-electron chi connectivity index (χ4n) is 1.59. The Morgan fingerprint density at radius 1 is 1.24 bits per heavy atom. The Morgan fingerprint density at radius 2 is 2.05 bits per heavy atom. The standard InChI is InChI=1S/C15H13N3O3/c1-10-2-4-13(9-17-10)18-15(21)12-6-11(7-16-8-12)3-5-14(19)20/h2-9H,1H3,(H,18,21)(H,19,20)/b5-3+. The van der Waals surface area contributed by atoms with Crippen molar-refractivity contribution < 1.29 is 14.7 Å². The predicted molar refractivity (Wildman–Crippen MR) is 77.8 cm³/mol. The molecule has 2 rings (SSSR count). The van der Waals surface area contributed by atoms with Gasteiger partial charge in [-0.05, 0) is 36.8 Å². The first-order chi connectivity index (χ1) is 10.0. The van der Waals surface area contributed by atoms with Gasteiger partial charge in [0.05, 0.1) is 17.4 Å². The molecule has 106 valence electrons. The Bertz CT molecular complexity index is 694. The first kappa shape index (κ1) is 14.4. The van der Waals surface area contributed by atoms with Gasteiger partial charge in [-0.1, -0.05) is 0 Å². The molecule has 21 heavy (non-hydrogen) atoms. The van der Waals surface area contributed by atoms with E-state index >= 15 is 0 Å².